The highest BCUT2D eigenvalue weighted by Crippen LogP contribution is 2.31. The Hall–Kier alpha value is -2.05. The van der Waals surface area contributed by atoms with Gasteiger partial charge in [-0.1, -0.05) is 18.2 Å². The van der Waals surface area contributed by atoms with E-state index in [9.17, 15) is 8.42 Å². The highest BCUT2D eigenvalue weighted by Gasteiger charge is 2.19. The average Bonchev–Trinajstić information content (AvgIpc) is 2.43. The van der Waals surface area contributed by atoms with Crippen LogP contribution in [0.3, 0.4) is 0 Å². The second kappa shape index (κ2) is 5.52. The van der Waals surface area contributed by atoms with Crippen molar-refractivity contribution in [1.82, 2.24) is 4.72 Å². The van der Waals surface area contributed by atoms with Gasteiger partial charge in [-0.15, -0.1) is 0 Å². The molecule has 2 rings (SSSR count). The predicted octanol–water partition coefficient (Wildman–Crippen LogP) is 2.28. The van der Waals surface area contributed by atoms with E-state index in [2.05, 4.69) is 4.72 Å². The van der Waals surface area contributed by atoms with Gasteiger partial charge in [0.1, 0.15) is 16.4 Å². The molecule has 2 aromatic carbocycles. The van der Waals surface area contributed by atoms with E-state index < -0.39 is 10.0 Å². The maximum atomic E-state index is 12.0. The Balaban J connectivity index is 2.50. The summed E-state index contributed by atoms with van der Waals surface area (Å²) >= 11 is 0. The Morgan fingerprint density at radius 1 is 1.10 bits per heavy atom. The lowest BCUT2D eigenvalue weighted by Gasteiger charge is -2.13. The van der Waals surface area contributed by atoms with E-state index in [4.69, 9.17) is 10.5 Å². The zero-order chi connectivity index (χ0) is 14.8. The standard InChI is InChI=1S/C14H16N2O3S/c1-10-5-3-4-6-12(10)19-13-8-7-11(15)9-14(13)20(17,18)16-2/h3-9,16H,15H2,1-2H3. The molecule has 0 aliphatic rings. The fourth-order valence-electron chi connectivity index (χ4n) is 1.72. The molecular weight excluding hydrogens is 276 g/mol. The van der Waals surface area contributed by atoms with Crippen LogP contribution in [0, 0.1) is 6.92 Å². The summed E-state index contributed by atoms with van der Waals surface area (Å²) in [7, 11) is -2.30. The van der Waals surface area contributed by atoms with Crippen LogP contribution in [0.5, 0.6) is 11.5 Å². The van der Waals surface area contributed by atoms with Crippen molar-refractivity contribution in [2.75, 3.05) is 12.8 Å². The molecule has 0 heterocycles. The van der Waals surface area contributed by atoms with Crippen LogP contribution in [0.15, 0.2) is 47.4 Å². The second-order valence-corrected chi connectivity index (χ2v) is 6.14. The van der Waals surface area contributed by atoms with Crippen molar-refractivity contribution in [2.45, 2.75) is 11.8 Å². The number of ether oxygens (including phenoxy) is 1. The first kappa shape index (κ1) is 14.4. The van der Waals surface area contributed by atoms with Crippen LogP contribution in [0.2, 0.25) is 0 Å². The van der Waals surface area contributed by atoms with Crippen LogP contribution in [0.25, 0.3) is 0 Å². The zero-order valence-electron chi connectivity index (χ0n) is 11.3. The number of hydrogen-bond donors (Lipinski definition) is 2. The second-order valence-electron chi connectivity index (χ2n) is 4.28. The van der Waals surface area contributed by atoms with Crippen LogP contribution in [-0.4, -0.2) is 15.5 Å². The van der Waals surface area contributed by atoms with Crippen molar-refractivity contribution >= 4 is 15.7 Å². The lowest BCUT2D eigenvalue weighted by molar-refractivity contribution is 0.463. The third kappa shape index (κ3) is 2.92. The van der Waals surface area contributed by atoms with Crippen molar-refractivity contribution in [2.24, 2.45) is 0 Å². The quantitative estimate of drug-likeness (QED) is 0.847. The van der Waals surface area contributed by atoms with E-state index in [0.717, 1.165) is 5.56 Å². The Bertz CT molecular complexity index is 727. The fourth-order valence-corrected chi connectivity index (χ4v) is 2.60. The van der Waals surface area contributed by atoms with Crippen LogP contribution in [0.1, 0.15) is 5.56 Å². The van der Waals surface area contributed by atoms with Gasteiger partial charge in [-0.05, 0) is 43.8 Å². The van der Waals surface area contributed by atoms with Crippen LogP contribution in [0.4, 0.5) is 5.69 Å². The third-order valence-corrected chi connectivity index (χ3v) is 4.28. The summed E-state index contributed by atoms with van der Waals surface area (Å²) in [6.07, 6.45) is 0. The minimum absolute atomic E-state index is 0.0169. The number of nitrogen functional groups attached to an aromatic ring is 1. The van der Waals surface area contributed by atoms with Gasteiger partial charge in [0.15, 0.2) is 0 Å². The first-order valence-corrected chi connectivity index (χ1v) is 7.49. The highest BCUT2D eigenvalue weighted by atomic mass is 32.2. The average molecular weight is 292 g/mol. The van der Waals surface area contributed by atoms with Crippen LogP contribution < -0.4 is 15.2 Å². The maximum absolute atomic E-state index is 12.0. The smallest absolute Gasteiger partial charge is 0.244 e. The number of nitrogens with one attached hydrogen (secondary N) is 1. The van der Waals surface area contributed by atoms with Crippen LogP contribution in [-0.2, 0) is 10.0 Å². The van der Waals surface area contributed by atoms with Gasteiger partial charge in [0.05, 0.1) is 0 Å². The first-order valence-electron chi connectivity index (χ1n) is 6.00. The molecule has 0 aliphatic carbocycles. The third-order valence-electron chi connectivity index (χ3n) is 2.84. The Morgan fingerprint density at radius 3 is 2.45 bits per heavy atom. The van der Waals surface area contributed by atoms with E-state index >= 15 is 0 Å². The molecule has 0 fully saturated rings. The number of sulfonamides is 1. The van der Waals surface area contributed by atoms with Gasteiger partial charge in [0.25, 0.3) is 0 Å². The minimum atomic E-state index is -3.64. The molecule has 106 valence electrons. The Labute approximate surface area is 118 Å². The molecule has 3 N–H and O–H groups in total. The summed E-state index contributed by atoms with van der Waals surface area (Å²) in [5.41, 5.74) is 6.93. The largest absolute Gasteiger partial charge is 0.456 e. The molecule has 6 heteroatoms. The van der Waals surface area contributed by atoms with E-state index in [-0.39, 0.29) is 10.6 Å². The van der Waals surface area contributed by atoms with Crippen molar-refractivity contribution in [3.05, 3.63) is 48.0 Å². The van der Waals surface area contributed by atoms with E-state index in [1.807, 2.05) is 25.1 Å². The van der Waals surface area contributed by atoms with Gasteiger partial charge in [-0.3, -0.25) is 0 Å². The number of rotatable bonds is 4. The lowest BCUT2D eigenvalue weighted by atomic mass is 10.2. The van der Waals surface area contributed by atoms with Gasteiger partial charge in [0.2, 0.25) is 10.0 Å². The zero-order valence-corrected chi connectivity index (χ0v) is 12.1. The topological polar surface area (TPSA) is 81.4 Å². The normalized spacial score (nSPS) is 11.3. The molecule has 0 radical (unpaired) electrons. The molecule has 0 amide bonds. The minimum Gasteiger partial charge on any atom is -0.456 e. The van der Waals surface area contributed by atoms with Crippen LogP contribution >= 0.6 is 0 Å². The molecule has 0 saturated heterocycles. The molecule has 0 saturated carbocycles. The van der Waals surface area contributed by atoms with Crippen molar-refractivity contribution in [3.63, 3.8) is 0 Å². The molecule has 0 unspecified atom stereocenters. The van der Waals surface area contributed by atoms with E-state index in [0.29, 0.717) is 11.4 Å². The van der Waals surface area contributed by atoms with Gasteiger partial charge < -0.3 is 10.5 Å². The number of benzene rings is 2. The molecular formula is C14H16N2O3S. The summed E-state index contributed by atoms with van der Waals surface area (Å²) in [6, 6.07) is 11.9. The molecule has 2 aromatic rings. The van der Waals surface area contributed by atoms with Gasteiger partial charge in [-0.25, -0.2) is 13.1 Å². The number of para-hydroxylation sites is 1. The highest BCUT2D eigenvalue weighted by molar-refractivity contribution is 7.89. The number of aryl methyl sites for hydroxylation is 1. The molecule has 0 atom stereocenters. The number of anilines is 1. The maximum Gasteiger partial charge on any atom is 0.244 e. The molecule has 20 heavy (non-hydrogen) atoms. The van der Waals surface area contributed by atoms with Gasteiger partial charge >= 0.3 is 0 Å². The van der Waals surface area contributed by atoms with E-state index in [1.165, 1.54) is 13.1 Å². The fraction of sp³-hybridized carbons (Fsp3) is 0.143. The molecule has 0 aromatic heterocycles. The summed E-state index contributed by atoms with van der Waals surface area (Å²) in [5.74, 6) is 0.840. The SMILES string of the molecule is CNS(=O)(=O)c1cc(N)ccc1Oc1ccccc1C. The summed E-state index contributed by atoms with van der Waals surface area (Å²) in [4.78, 5) is 0.0169. The molecule has 5 nitrogen and oxygen atoms in total. The molecule has 0 bridgehead atoms. The summed E-state index contributed by atoms with van der Waals surface area (Å²) < 4.78 is 32.0. The lowest BCUT2D eigenvalue weighted by Crippen LogP contribution is -2.19. The Morgan fingerprint density at radius 2 is 1.80 bits per heavy atom. The Kier molecular flexibility index (Phi) is 3.96. The summed E-state index contributed by atoms with van der Waals surface area (Å²) in [5, 5.41) is 0. The van der Waals surface area contributed by atoms with Crippen molar-refractivity contribution in [3.8, 4) is 11.5 Å². The molecule has 0 aliphatic heterocycles. The predicted molar refractivity (Wildman–Crippen MR) is 78.4 cm³/mol. The first-order chi connectivity index (χ1) is 9.44. The van der Waals surface area contributed by atoms with Gasteiger partial charge in [-0.2, -0.15) is 0 Å². The monoisotopic (exact) mass is 292 g/mol. The molecule has 0 spiro atoms. The summed E-state index contributed by atoms with van der Waals surface area (Å²) in [6.45, 7) is 1.89. The number of nitrogens with two attached hydrogens (primary N) is 1. The van der Waals surface area contributed by atoms with Crippen molar-refractivity contribution in [1.29, 1.82) is 0 Å². The van der Waals surface area contributed by atoms with E-state index in [1.54, 1.807) is 18.2 Å². The van der Waals surface area contributed by atoms with Crippen molar-refractivity contribution < 1.29 is 13.2 Å². The van der Waals surface area contributed by atoms with Gasteiger partial charge in [0, 0.05) is 5.69 Å². The number of hydrogen-bond acceptors (Lipinski definition) is 4.